The summed E-state index contributed by atoms with van der Waals surface area (Å²) in [5.74, 6) is 0. The number of aromatic nitrogens is 1. The van der Waals surface area contributed by atoms with Gasteiger partial charge in [0.25, 0.3) is 0 Å². The number of nitrogens with zero attached hydrogens (tertiary/aromatic N) is 2. The van der Waals surface area contributed by atoms with Crippen molar-refractivity contribution in [3.63, 3.8) is 0 Å². The summed E-state index contributed by atoms with van der Waals surface area (Å²) in [6, 6.07) is 10.6. The minimum atomic E-state index is 0.664. The lowest BCUT2D eigenvalue weighted by Gasteiger charge is -2.15. The molecule has 2 rings (SSSR count). The van der Waals surface area contributed by atoms with Crippen LogP contribution in [-0.2, 0) is 12.8 Å². The number of hydrogen-bond donors (Lipinski definition) is 1. The summed E-state index contributed by atoms with van der Waals surface area (Å²) in [4.78, 5) is 6.61. The molecular weight excluding hydrogens is 242 g/mol. The maximum absolute atomic E-state index is 5.61. The summed E-state index contributed by atoms with van der Waals surface area (Å²) in [7, 11) is 2.15. The molecule has 0 spiro atoms. The average molecular weight is 261 g/mol. The van der Waals surface area contributed by atoms with Gasteiger partial charge in [-0.2, -0.15) is 0 Å². The molecule has 0 aliphatic rings. The van der Waals surface area contributed by atoms with Crippen molar-refractivity contribution in [2.45, 2.75) is 12.8 Å². The van der Waals surface area contributed by atoms with Gasteiger partial charge in [0.05, 0.1) is 5.69 Å². The third-order valence-electron chi connectivity index (χ3n) is 2.94. The number of anilines is 1. The van der Waals surface area contributed by atoms with Gasteiger partial charge in [-0.3, -0.25) is 0 Å². The number of rotatable bonds is 6. The number of hydrogen-bond acceptors (Lipinski definition) is 4. The minimum Gasteiger partial charge on any atom is -0.375 e. The van der Waals surface area contributed by atoms with Crippen LogP contribution in [0.2, 0.25) is 0 Å². The van der Waals surface area contributed by atoms with Crippen LogP contribution in [-0.4, -0.2) is 30.0 Å². The van der Waals surface area contributed by atoms with Crippen LogP contribution in [0.3, 0.4) is 0 Å². The first-order chi connectivity index (χ1) is 8.74. The summed E-state index contributed by atoms with van der Waals surface area (Å²) in [5.41, 5.74) is 8.11. The minimum absolute atomic E-state index is 0.664. The van der Waals surface area contributed by atoms with Crippen molar-refractivity contribution >= 4 is 16.5 Å². The SMILES string of the molecule is CN(CCc1ccccc1)CCc1csc(N)n1. The van der Waals surface area contributed by atoms with E-state index in [1.165, 1.54) is 16.9 Å². The summed E-state index contributed by atoms with van der Waals surface area (Å²) in [6.07, 6.45) is 2.07. The van der Waals surface area contributed by atoms with Gasteiger partial charge < -0.3 is 10.6 Å². The van der Waals surface area contributed by atoms with Crippen molar-refractivity contribution in [1.82, 2.24) is 9.88 Å². The lowest BCUT2D eigenvalue weighted by atomic mass is 10.1. The summed E-state index contributed by atoms with van der Waals surface area (Å²) in [6.45, 7) is 2.10. The van der Waals surface area contributed by atoms with Crippen molar-refractivity contribution < 1.29 is 0 Å². The molecule has 0 aliphatic heterocycles. The molecule has 4 heteroatoms. The molecule has 96 valence electrons. The van der Waals surface area contributed by atoms with E-state index in [-0.39, 0.29) is 0 Å². The Bertz CT molecular complexity index is 467. The lowest BCUT2D eigenvalue weighted by Crippen LogP contribution is -2.23. The van der Waals surface area contributed by atoms with Gasteiger partial charge in [-0.1, -0.05) is 30.3 Å². The van der Waals surface area contributed by atoms with Gasteiger partial charge in [-0.25, -0.2) is 4.98 Å². The molecule has 1 heterocycles. The van der Waals surface area contributed by atoms with Crippen molar-refractivity contribution in [2.75, 3.05) is 25.9 Å². The van der Waals surface area contributed by atoms with Crippen LogP contribution in [0.4, 0.5) is 5.13 Å². The van der Waals surface area contributed by atoms with E-state index in [9.17, 15) is 0 Å². The molecule has 1 aromatic carbocycles. The highest BCUT2D eigenvalue weighted by atomic mass is 32.1. The second kappa shape index (κ2) is 6.52. The zero-order valence-corrected chi connectivity index (χ0v) is 11.5. The highest BCUT2D eigenvalue weighted by Gasteiger charge is 2.02. The van der Waals surface area contributed by atoms with E-state index in [1.807, 2.05) is 5.38 Å². The van der Waals surface area contributed by atoms with Crippen molar-refractivity contribution in [1.29, 1.82) is 0 Å². The molecule has 0 saturated heterocycles. The van der Waals surface area contributed by atoms with Gasteiger partial charge >= 0.3 is 0 Å². The summed E-state index contributed by atoms with van der Waals surface area (Å²) in [5, 5.41) is 2.71. The van der Waals surface area contributed by atoms with Crippen LogP contribution in [0.15, 0.2) is 35.7 Å². The maximum atomic E-state index is 5.61. The molecule has 2 aromatic rings. The molecule has 0 unspecified atom stereocenters. The van der Waals surface area contributed by atoms with Crippen molar-refractivity contribution in [2.24, 2.45) is 0 Å². The highest BCUT2D eigenvalue weighted by Crippen LogP contribution is 2.11. The average Bonchev–Trinajstić information content (AvgIpc) is 2.81. The molecule has 0 radical (unpaired) electrons. The Morgan fingerprint density at radius 3 is 2.56 bits per heavy atom. The van der Waals surface area contributed by atoms with E-state index in [2.05, 4.69) is 47.3 Å². The first kappa shape index (κ1) is 13.1. The fourth-order valence-corrected chi connectivity index (χ4v) is 2.42. The molecule has 3 nitrogen and oxygen atoms in total. The predicted octanol–water partition coefficient (Wildman–Crippen LogP) is 2.44. The Morgan fingerprint density at radius 1 is 1.17 bits per heavy atom. The number of nitrogens with two attached hydrogens (primary N) is 1. The summed E-state index contributed by atoms with van der Waals surface area (Å²) < 4.78 is 0. The predicted molar refractivity (Wildman–Crippen MR) is 77.9 cm³/mol. The van der Waals surface area contributed by atoms with Crippen LogP contribution in [0, 0.1) is 0 Å². The molecule has 0 bridgehead atoms. The Balaban J connectivity index is 1.71. The maximum Gasteiger partial charge on any atom is 0.180 e. The lowest BCUT2D eigenvalue weighted by molar-refractivity contribution is 0.342. The van der Waals surface area contributed by atoms with Gasteiger partial charge in [0.2, 0.25) is 0 Å². The van der Waals surface area contributed by atoms with E-state index in [0.29, 0.717) is 5.13 Å². The topological polar surface area (TPSA) is 42.1 Å². The van der Waals surface area contributed by atoms with E-state index in [4.69, 9.17) is 5.73 Å². The standard InChI is InChI=1S/C14H19N3S/c1-17(9-7-12-5-3-2-4-6-12)10-8-13-11-18-14(15)16-13/h2-6,11H,7-10H2,1H3,(H2,15,16). The summed E-state index contributed by atoms with van der Waals surface area (Å²) >= 11 is 1.51. The van der Waals surface area contributed by atoms with Crippen LogP contribution in [0.1, 0.15) is 11.3 Å². The second-order valence-corrected chi connectivity index (χ2v) is 5.36. The molecule has 0 aliphatic carbocycles. The Labute approximate surface area is 112 Å². The van der Waals surface area contributed by atoms with Crippen molar-refractivity contribution in [3.05, 3.63) is 47.0 Å². The molecule has 1 aromatic heterocycles. The third-order valence-corrected chi connectivity index (χ3v) is 3.67. The van der Waals surface area contributed by atoms with Gasteiger partial charge in [0.1, 0.15) is 0 Å². The van der Waals surface area contributed by atoms with Gasteiger partial charge in [0, 0.05) is 24.9 Å². The van der Waals surface area contributed by atoms with E-state index < -0.39 is 0 Å². The monoisotopic (exact) mass is 261 g/mol. The van der Waals surface area contributed by atoms with Gasteiger partial charge in [0.15, 0.2) is 5.13 Å². The largest absolute Gasteiger partial charge is 0.375 e. The van der Waals surface area contributed by atoms with E-state index in [0.717, 1.165) is 31.6 Å². The zero-order valence-electron chi connectivity index (χ0n) is 10.7. The fourth-order valence-electron chi connectivity index (χ4n) is 1.82. The van der Waals surface area contributed by atoms with E-state index in [1.54, 1.807) is 0 Å². The Hall–Kier alpha value is -1.39. The number of thiazole rings is 1. The molecule has 18 heavy (non-hydrogen) atoms. The first-order valence-corrected chi connectivity index (χ1v) is 7.04. The molecular formula is C14H19N3S. The smallest absolute Gasteiger partial charge is 0.180 e. The Kier molecular flexibility index (Phi) is 4.73. The number of nitrogen functional groups attached to an aromatic ring is 1. The third kappa shape index (κ3) is 4.13. The highest BCUT2D eigenvalue weighted by molar-refractivity contribution is 7.13. The normalized spacial score (nSPS) is 11.0. The molecule has 0 atom stereocenters. The van der Waals surface area contributed by atoms with E-state index >= 15 is 0 Å². The number of benzene rings is 1. The van der Waals surface area contributed by atoms with Gasteiger partial charge in [-0.15, -0.1) is 11.3 Å². The van der Waals surface area contributed by atoms with Crippen LogP contribution < -0.4 is 5.73 Å². The Morgan fingerprint density at radius 2 is 1.89 bits per heavy atom. The number of likely N-dealkylation sites (N-methyl/N-ethyl adjacent to an activating group) is 1. The van der Waals surface area contributed by atoms with Crippen LogP contribution in [0.25, 0.3) is 0 Å². The first-order valence-electron chi connectivity index (χ1n) is 6.16. The quantitative estimate of drug-likeness (QED) is 0.868. The zero-order chi connectivity index (χ0) is 12.8. The van der Waals surface area contributed by atoms with Crippen molar-refractivity contribution in [3.8, 4) is 0 Å². The molecule has 0 fully saturated rings. The fraction of sp³-hybridized carbons (Fsp3) is 0.357. The van der Waals surface area contributed by atoms with Crippen LogP contribution in [0.5, 0.6) is 0 Å². The molecule has 0 saturated carbocycles. The van der Waals surface area contributed by atoms with Gasteiger partial charge in [-0.05, 0) is 19.0 Å². The molecule has 2 N–H and O–H groups in total. The van der Waals surface area contributed by atoms with Crippen LogP contribution >= 0.6 is 11.3 Å². The molecule has 0 amide bonds. The second-order valence-electron chi connectivity index (χ2n) is 4.47.